The average molecular weight is 226 g/mol. The fourth-order valence-corrected chi connectivity index (χ4v) is 1.28. The van der Waals surface area contributed by atoms with E-state index in [1.54, 1.807) is 13.0 Å². The van der Waals surface area contributed by atoms with Crippen molar-refractivity contribution in [3.8, 4) is 5.75 Å². The topological polar surface area (TPSA) is 63.6 Å². The third-order valence-electron chi connectivity index (χ3n) is 1.55. The normalized spacial score (nSPS) is 12.7. The lowest BCUT2D eigenvalue weighted by Gasteiger charge is -2.01. The molecule has 1 aromatic rings. The number of allylic oxidation sites excluding steroid dienone is 1. The van der Waals surface area contributed by atoms with Gasteiger partial charge in [-0.3, -0.25) is 0 Å². The van der Waals surface area contributed by atoms with Crippen molar-refractivity contribution >= 4 is 17.0 Å². The summed E-state index contributed by atoms with van der Waals surface area (Å²) in [6.07, 6.45) is 2.86. The van der Waals surface area contributed by atoms with E-state index < -0.39 is 17.0 Å². The minimum atomic E-state index is -2.01. The molecule has 0 bridgehead atoms. The Bertz CT molecular complexity index is 394. The minimum Gasteiger partial charge on any atom is -0.423 e. The van der Waals surface area contributed by atoms with Gasteiger partial charge in [-0.1, -0.05) is 6.08 Å². The highest BCUT2D eigenvalue weighted by molar-refractivity contribution is 7.79. The van der Waals surface area contributed by atoms with Gasteiger partial charge in [0.25, 0.3) is 0 Å². The molecule has 5 heteroatoms. The van der Waals surface area contributed by atoms with Crippen molar-refractivity contribution in [2.45, 2.75) is 11.8 Å². The molecule has 0 fully saturated rings. The van der Waals surface area contributed by atoms with Gasteiger partial charge in [0.1, 0.15) is 5.75 Å². The summed E-state index contributed by atoms with van der Waals surface area (Å²) in [7, 11) is 0. The van der Waals surface area contributed by atoms with E-state index in [2.05, 4.69) is 0 Å². The fourth-order valence-electron chi connectivity index (χ4n) is 0.910. The molecule has 0 spiro atoms. The summed E-state index contributed by atoms with van der Waals surface area (Å²) in [5.74, 6) is -0.136. The maximum absolute atomic E-state index is 11.0. The minimum absolute atomic E-state index is 0.265. The first-order valence-electron chi connectivity index (χ1n) is 4.19. The summed E-state index contributed by atoms with van der Waals surface area (Å²) < 4.78 is 24.2. The first-order chi connectivity index (χ1) is 7.13. The van der Waals surface area contributed by atoms with Gasteiger partial charge in [-0.05, 0) is 31.2 Å². The summed E-state index contributed by atoms with van der Waals surface area (Å²) in [6.45, 7) is 1.71. The van der Waals surface area contributed by atoms with E-state index in [4.69, 9.17) is 9.29 Å². The molecule has 0 aliphatic heterocycles. The SMILES string of the molecule is CC=CC(=O)Oc1ccc(S(=O)O)cc1. The third kappa shape index (κ3) is 3.65. The number of benzene rings is 1. The molecule has 0 aliphatic carbocycles. The maximum Gasteiger partial charge on any atom is 0.335 e. The lowest BCUT2D eigenvalue weighted by Crippen LogP contribution is -2.03. The molecule has 1 unspecified atom stereocenters. The predicted molar refractivity (Wildman–Crippen MR) is 55.9 cm³/mol. The monoisotopic (exact) mass is 226 g/mol. The second-order valence-electron chi connectivity index (χ2n) is 2.64. The van der Waals surface area contributed by atoms with Crippen LogP contribution in [0.4, 0.5) is 0 Å². The van der Waals surface area contributed by atoms with E-state index in [9.17, 15) is 9.00 Å². The summed E-state index contributed by atoms with van der Waals surface area (Å²) in [6, 6.07) is 5.78. The molecule has 1 rings (SSSR count). The zero-order valence-corrected chi connectivity index (χ0v) is 8.86. The molecule has 0 heterocycles. The molecule has 1 aromatic carbocycles. The van der Waals surface area contributed by atoms with Crippen molar-refractivity contribution in [2.75, 3.05) is 0 Å². The van der Waals surface area contributed by atoms with Gasteiger partial charge in [-0.15, -0.1) is 0 Å². The quantitative estimate of drug-likeness (QED) is 0.369. The van der Waals surface area contributed by atoms with Gasteiger partial charge in [0, 0.05) is 6.08 Å². The summed E-state index contributed by atoms with van der Waals surface area (Å²) in [5.41, 5.74) is 0. The van der Waals surface area contributed by atoms with Gasteiger partial charge in [-0.25, -0.2) is 9.00 Å². The van der Waals surface area contributed by atoms with Gasteiger partial charge in [0.15, 0.2) is 11.1 Å². The largest absolute Gasteiger partial charge is 0.423 e. The lowest BCUT2D eigenvalue weighted by molar-refractivity contribution is -0.129. The molecule has 4 nitrogen and oxygen atoms in total. The Morgan fingerprint density at radius 3 is 2.47 bits per heavy atom. The van der Waals surface area contributed by atoms with Crippen LogP contribution in [0.5, 0.6) is 5.75 Å². The van der Waals surface area contributed by atoms with E-state index in [1.165, 1.54) is 30.3 Å². The Morgan fingerprint density at radius 1 is 1.40 bits per heavy atom. The zero-order chi connectivity index (χ0) is 11.3. The van der Waals surface area contributed by atoms with Crippen LogP contribution in [0.1, 0.15) is 6.92 Å². The summed E-state index contributed by atoms with van der Waals surface area (Å²) in [4.78, 5) is 11.3. The van der Waals surface area contributed by atoms with Crippen LogP contribution in [0.3, 0.4) is 0 Å². The number of carbonyl (C=O) groups excluding carboxylic acids is 1. The van der Waals surface area contributed by atoms with Gasteiger partial charge < -0.3 is 9.29 Å². The Morgan fingerprint density at radius 2 is 2.00 bits per heavy atom. The van der Waals surface area contributed by atoms with Crippen molar-refractivity contribution < 1.29 is 18.3 Å². The van der Waals surface area contributed by atoms with Crippen LogP contribution in [-0.2, 0) is 15.9 Å². The predicted octanol–water partition coefficient (Wildman–Crippen LogP) is 1.75. The van der Waals surface area contributed by atoms with Gasteiger partial charge in [0.05, 0.1) is 4.90 Å². The molecule has 0 radical (unpaired) electrons. The zero-order valence-electron chi connectivity index (χ0n) is 8.04. The standard InChI is InChI=1S/C10H10O4S/c1-2-3-10(11)14-8-4-6-9(7-5-8)15(12)13/h2-7H,1H3,(H,12,13). The van der Waals surface area contributed by atoms with Crippen molar-refractivity contribution in [1.82, 2.24) is 0 Å². The number of rotatable bonds is 3. The third-order valence-corrected chi connectivity index (χ3v) is 2.22. The average Bonchev–Trinajstić information content (AvgIpc) is 2.18. The van der Waals surface area contributed by atoms with E-state index in [0.29, 0.717) is 5.75 Å². The van der Waals surface area contributed by atoms with Crippen LogP contribution in [0.15, 0.2) is 41.3 Å². The smallest absolute Gasteiger partial charge is 0.335 e. The Balaban J connectivity index is 2.72. The number of ether oxygens (including phenoxy) is 1. The van der Waals surface area contributed by atoms with Crippen LogP contribution in [0.25, 0.3) is 0 Å². The van der Waals surface area contributed by atoms with Crippen LogP contribution < -0.4 is 4.74 Å². The van der Waals surface area contributed by atoms with Gasteiger partial charge >= 0.3 is 5.97 Å². The number of hydrogen-bond donors (Lipinski definition) is 1. The van der Waals surface area contributed by atoms with Gasteiger partial charge in [-0.2, -0.15) is 0 Å². The maximum atomic E-state index is 11.0. The highest BCUT2D eigenvalue weighted by Crippen LogP contribution is 2.14. The number of hydrogen-bond acceptors (Lipinski definition) is 3. The van der Waals surface area contributed by atoms with Crippen LogP contribution in [0.2, 0.25) is 0 Å². The Labute approximate surface area is 89.9 Å². The Hall–Kier alpha value is -1.46. The fraction of sp³-hybridized carbons (Fsp3) is 0.100. The van der Waals surface area contributed by atoms with E-state index >= 15 is 0 Å². The van der Waals surface area contributed by atoms with Crippen LogP contribution in [0, 0.1) is 0 Å². The van der Waals surface area contributed by atoms with Gasteiger partial charge in [0.2, 0.25) is 0 Å². The molecule has 15 heavy (non-hydrogen) atoms. The summed E-state index contributed by atoms with van der Waals surface area (Å²) >= 11 is -2.01. The van der Waals surface area contributed by atoms with E-state index in [0.717, 1.165) is 0 Å². The van der Waals surface area contributed by atoms with E-state index in [-0.39, 0.29) is 4.90 Å². The first-order valence-corrected chi connectivity index (χ1v) is 5.29. The second kappa shape index (κ2) is 5.43. The number of esters is 1. The molecule has 0 saturated heterocycles. The molecule has 0 amide bonds. The number of carbonyl (C=O) groups is 1. The van der Waals surface area contributed by atoms with Crippen molar-refractivity contribution in [2.24, 2.45) is 0 Å². The molecule has 0 aromatic heterocycles. The van der Waals surface area contributed by atoms with Crippen LogP contribution >= 0.6 is 0 Å². The summed E-state index contributed by atoms with van der Waals surface area (Å²) in [5, 5.41) is 0. The Kier molecular flexibility index (Phi) is 4.20. The highest BCUT2D eigenvalue weighted by atomic mass is 32.2. The molecule has 0 aliphatic rings. The molecule has 80 valence electrons. The van der Waals surface area contributed by atoms with Crippen molar-refractivity contribution in [3.05, 3.63) is 36.4 Å². The van der Waals surface area contributed by atoms with Crippen LogP contribution in [-0.4, -0.2) is 14.7 Å². The molecular weight excluding hydrogens is 216 g/mol. The van der Waals surface area contributed by atoms with Crippen molar-refractivity contribution in [1.29, 1.82) is 0 Å². The van der Waals surface area contributed by atoms with E-state index in [1.807, 2.05) is 0 Å². The second-order valence-corrected chi connectivity index (χ2v) is 3.61. The van der Waals surface area contributed by atoms with Crippen molar-refractivity contribution in [3.63, 3.8) is 0 Å². The molecule has 0 saturated carbocycles. The molecular formula is C10H10O4S. The highest BCUT2D eigenvalue weighted by Gasteiger charge is 2.02. The molecule has 1 atom stereocenters. The first kappa shape index (κ1) is 11.6. The molecule has 1 N–H and O–H groups in total. The lowest BCUT2D eigenvalue weighted by atomic mass is 10.3.